The fraction of sp³-hybridized carbons (Fsp3) is 0.167. The third kappa shape index (κ3) is 3.55. The first-order chi connectivity index (χ1) is 8.06. The van der Waals surface area contributed by atoms with Crippen LogP contribution in [-0.2, 0) is 6.42 Å². The summed E-state index contributed by atoms with van der Waals surface area (Å²) in [5, 5.41) is 0.714. The molecule has 1 aromatic carbocycles. The summed E-state index contributed by atoms with van der Waals surface area (Å²) in [6, 6.07) is 9.78. The number of nitrogens with two attached hydrogens (primary N) is 1. The normalized spacial score (nSPS) is 12.7. The molecule has 2 N–H and O–H groups in total. The van der Waals surface area contributed by atoms with Gasteiger partial charge in [-0.3, -0.25) is 0 Å². The third-order valence-electron chi connectivity index (χ3n) is 2.41. The van der Waals surface area contributed by atoms with Gasteiger partial charge in [-0.1, -0.05) is 27.5 Å². The Morgan fingerprint density at radius 1 is 1.24 bits per heavy atom. The Balaban J connectivity index is 2.19. The maximum Gasteiger partial charge on any atom is 0.0701 e. The van der Waals surface area contributed by atoms with Gasteiger partial charge < -0.3 is 5.73 Å². The lowest BCUT2D eigenvalue weighted by atomic mass is 10.0. The standard InChI is InChI=1S/C12H10Br2ClNS/c13-10-3-1-7(15)5-9(10)11(16)6-8-2-4-12(14)17-8/h1-5,11H,6,16H2. The first-order valence-electron chi connectivity index (χ1n) is 5.01. The van der Waals surface area contributed by atoms with Gasteiger partial charge in [0.25, 0.3) is 0 Å². The average molecular weight is 396 g/mol. The first kappa shape index (κ1) is 13.6. The molecule has 0 spiro atoms. The van der Waals surface area contributed by atoms with Crippen molar-refractivity contribution in [1.29, 1.82) is 0 Å². The lowest BCUT2D eigenvalue weighted by Crippen LogP contribution is -2.13. The molecule has 2 aromatic rings. The highest BCUT2D eigenvalue weighted by Crippen LogP contribution is 2.30. The number of rotatable bonds is 3. The topological polar surface area (TPSA) is 26.0 Å². The largest absolute Gasteiger partial charge is 0.324 e. The molecule has 0 aliphatic rings. The lowest BCUT2D eigenvalue weighted by Gasteiger charge is -2.13. The Morgan fingerprint density at radius 3 is 2.65 bits per heavy atom. The second-order valence-electron chi connectivity index (χ2n) is 3.68. The molecule has 0 radical (unpaired) electrons. The van der Waals surface area contributed by atoms with E-state index in [1.54, 1.807) is 11.3 Å². The van der Waals surface area contributed by atoms with Crippen molar-refractivity contribution in [2.45, 2.75) is 12.5 Å². The van der Waals surface area contributed by atoms with Crippen LogP contribution < -0.4 is 5.73 Å². The van der Waals surface area contributed by atoms with Gasteiger partial charge in [-0.05, 0) is 51.8 Å². The number of benzene rings is 1. The highest BCUT2D eigenvalue weighted by Gasteiger charge is 2.12. The van der Waals surface area contributed by atoms with E-state index in [4.69, 9.17) is 17.3 Å². The van der Waals surface area contributed by atoms with E-state index >= 15 is 0 Å². The molecule has 1 heterocycles. The predicted molar refractivity (Wildman–Crippen MR) is 81.8 cm³/mol. The summed E-state index contributed by atoms with van der Waals surface area (Å²) in [7, 11) is 0. The fourth-order valence-electron chi connectivity index (χ4n) is 1.59. The molecule has 1 nitrogen and oxygen atoms in total. The first-order valence-corrected chi connectivity index (χ1v) is 7.79. The second-order valence-corrected chi connectivity index (χ2v) is 7.52. The van der Waals surface area contributed by atoms with E-state index in [1.807, 2.05) is 24.3 Å². The minimum absolute atomic E-state index is 0.0476. The van der Waals surface area contributed by atoms with Crippen LogP contribution in [0.3, 0.4) is 0 Å². The molecule has 17 heavy (non-hydrogen) atoms. The van der Waals surface area contributed by atoms with Gasteiger partial charge >= 0.3 is 0 Å². The van der Waals surface area contributed by atoms with E-state index in [0.717, 1.165) is 20.2 Å². The van der Waals surface area contributed by atoms with Gasteiger partial charge in [0.2, 0.25) is 0 Å². The van der Waals surface area contributed by atoms with Crippen LogP contribution in [0.4, 0.5) is 0 Å². The van der Waals surface area contributed by atoms with Gasteiger partial charge in [0.1, 0.15) is 0 Å². The summed E-state index contributed by atoms with van der Waals surface area (Å²) in [5.41, 5.74) is 7.25. The zero-order chi connectivity index (χ0) is 12.4. The van der Waals surface area contributed by atoms with Crippen molar-refractivity contribution in [1.82, 2.24) is 0 Å². The van der Waals surface area contributed by atoms with Gasteiger partial charge in [-0.2, -0.15) is 0 Å². The summed E-state index contributed by atoms with van der Waals surface area (Å²) in [6.45, 7) is 0. The maximum absolute atomic E-state index is 6.21. The monoisotopic (exact) mass is 393 g/mol. The van der Waals surface area contributed by atoms with E-state index in [-0.39, 0.29) is 6.04 Å². The highest BCUT2D eigenvalue weighted by atomic mass is 79.9. The summed E-state index contributed by atoms with van der Waals surface area (Å²) >= 11 is 14.7. The molecule has 0 saturated heterocycles. The highest BCUT2D eigenvalue weighted by molar-refractivity contribution is 9.11. The minimum Gasteiger partial charge on any atom is -0.324 e. The van der Waals surface area contributed by atoms with Crippen LogP contribution in [0, 0.1) is 0 Å². The SMILES string of the molecule is NC(Cc1ccc(Br)s1)c1cc(Cl)ccc1Br. The Bertz CT molecular complexity index is 527. The molecule has 0 aliphatic carbocycles. The van der Waals surface area contributed by atoms with Crippen molar-refractivity contribution in [3.63, 3.8) is 0 Å². The van der Waals surface area contributed by atoms with Crippen LogP contribution in [0.25, 0.3) is 0 Å². The fourth-order valence-corrected chi connectivity index (χ4v) is 3.85. The van der Waals surface area contributed by atoms with Crippen LogP contribution in [0.5, 0.6) is 0 Å². The summed E-state index contributed by atoms with van der Waals surface area (Å²) in [6.07, 6.45) is 0.815. The van der Waals surface area contributed by atoms with E-state index in [0.29, 0.717) is 5.02 Å². The van der Waals surface area contributed by atoms with Crippen LogP contribution in [0.1, 0.15) is 16.5 Å². The van der Waals surface area contributed by atoms with Crippen molar-refractivity contribution in [2.24, 2.45) is 5.73 Å². The van der Waals surface area contributed by atoms with Crippen molar-refractivity contribution in [3.8, 4) is 0 Å². The molecular formula is C12H10Br2ClNS. The van der Waals surface area contributed by atoms with E-state index in [2.05, 4.69) is 37.9 Å². The lowest BCUT2D eigenvalue weighted by molar-refractivity contribution is 0.726. The Labute approximate surface area is 126 Å². The number of hydrogen-bond acceptors (Lipinski definition) is 2. The summed E-state index contributed by atoms with van der Waals surface area (Å²) < 4.78 is 2.13. The minimum atomic E-state index is -0.0476. The van der Waals surface area contributed by atoms with Gasteiger partial charge in [0.15, 0.2) is 0 Å². The van der Waals surface area contributed by atoms with Crippen LogP contribution >= 0.6 is 54.8 Å². The molecule has 0 saturated carbocycles. The van der Waals surface area contributed by atoms with Gasteiger partial charge in [-0.15, -0.1) is 11.3 Å². The smallest absolute Gasteiger partial charge is 0.0701 e. The molecule has 0 aliphatic heterocycles. The molecule has 90 valence electrons. The van der Waals surface area contributed by atoms with Gasteiger partial charge in [0, 0.05) is 26.8 Å². The molecule has 2 rings (SSSR count). The molecule has 1 aromatic heterocycles. The van der Waals surface area contributed by atoms with Crippen molar-refractivity contribution in [2.75, 3.05) is 0 Å². The molecule has 1 unspecified atom stereocenters. The van der Waals surface area contributed by atoms with E-state index < -0.39 is 0 Å². The van der Waals surface area contributed by atoms with Crippen LogP contribution in [-0.4, -0.2) is 0 Å². The second kappa shape index (κ2) is 5.85. The maximum atomic E-state index is 6.21. The molecule has 5 heteroatoms. The number of thiophene rings is 1. The Kier molecular flexibility index (Phi) is 4.66. The van der Waals surface area contributed by atoms with E-state index in [9.17, 15) is 0 Å². The summed E-state index contributed by atoms with van der Waals surface area (Å²) in [5.74, 6) is 0. The van der Waals surface area contributed by atoms with Crippen LogP contribution in [0.15, 0.2) is 38.6 Å². The van der Waals surface area contributed by atoms with Gasteiger partial charge in [0.05, 0.1) is 3.79 Å². The molecular weight excluding hydrogens is 385 g/mol. The van der Waals surface area contributed by atoms with Gasteiger partial charge in [-0.25, -0.2) is 0 Å². The zero-order valence-electron chi connectivity index (χ0n) is 8.79. The van der Waals surface area contributed by atoms with Crippen molar-refractivity contribution < 1.29 is 0 Å². The molecule has 0 amide bonds. The van der Waals surface area contributed by atoms with E-state index in [1.165, 1.54) is 4.88 Å². The third-order valence-corrected chi connectivity index (χ3v) is 5.01. The predicted octanol–water partition coefficient (Wildman–Crippen LogP) is 5.17. The number of hydrogen-bond donors (Lipinski definition) is 1. The number of halogens is 3. The zero-order valence-corrected chi connectivity index (χ0v) is 13.5. The average Bonchev–Trinajstić information content (AvgIpc) is 2.67. The quantitative estimate of drug-likeness (QED) is 0.762. The Morgan fingerprint density at radius 2 is 2.00 bits per heavy atom. The van der Waals surface area contributed by atoms with Crippen molar-refractivity contribution in [3.05, 3.63) is 54.1 Å². The van der Waals surface area contributed by atoms with Crippen molar-refractivity contribution >= 4 is 54.8 Å². The molecule has 0 bridgehead atoms. The summed E-state index contributed by atoms with van der Waals surface area (Å²) in [4.78, 5) is 1.26. The Hall–Kier alpha value is 0.130. The molecule has 1 atom stereocenters. The van der Waals surface area contributed by atoms with Crippen LogP contribution in [0.2, 0.25) is 5.02 Å². The molecule has 0 fully saturated rings.